The van der Waals surface area contributed by atoms with E-state index in [-0.39, 0.29) is 5.41 Å². The standard InChI is InChI=1S/C14H23N/c1-4-8-14(3,11-15)10-13-7-5-6-12(2)9-13/h5-7,9H,4,8,10-11,15H2,1-3H3. The molecule has 2 N–H and O–H groups in total. The molecular formula is C14H23N. The van der Waals surface area contributed by atoms with E-state index in [2.05, 4.69) is 45.0 Å². The third kappa shape index (κ3) is 3.67. The zero-order valence-electron chi connectivity index (χ0n) is 10.2. The molecule has 0 heterocycles. The number of benzene rings is 1. The van der Waals surface area contributed by atoms with Crippen LogP contribution in [0.3, 0.4) is 0 Å². The highest BCUT2D eigenvalue weighted by Crippen LogP contribution is 2.27. The van der Waals surface area contributed by atoms with Crippen molar-refractivity contribution >= 4 is 0 Å². The number of hydrogen-bond donors (Lipinski definition) is 1. The second-order valence-electron chi connectivity index (χ2n) is 4.93. The summed E-state index contributed by atoms with van der Waals surface area (Å²) < 4.78 is 0. The Morgan fingerprint density at radius 3 is 2.60 bits per heavy atom. The molecular weight excluding hydrogens is 182 g/mol. The first kappa shape index (κ1) is 12.3. The number of nitrogens with two attached hydrogens (primary N) is 1. The molecule has 0 aliphatic carbocycles. The van der Waals surface area contributed by atoms with Crippen LogP contribution >= 0.6 is 0 Å². The summed E-state index contributed by atoms with van der Waals surface area (Å²) >= 11 is 0. The van der Waals surface area contributed by atoms with Crippen LogP contribution in [0.25, 0.3) is 0 Å². The van der Waals surface area contributed by atoms with Crippen LogP contribution in [-0.2, 0) is 6.42 Å². The van der Waals surface area contributed by atoms with Gasteiger partial charge < -0.3 is 5.73 Å². The Bertz CT molecular complexity index is 306. The maximum Gasteiger partial charge on any atom is -0.00200 e. The molecule has 1 aromatic rings. The maximum atomic E-state index is 5.88. The first-order valence-corrected chi connectivity index (χ1v) is 5.85. The van der Waals surface area contributed by atoms with Crippen molar-refractivity contribution in [2.24, 2.45) is 11.1 Å². The van der Waals surface area contributed by atoms with Gasteiger partial charge in [0.05, 0.1) is 0 Å². The van der Waals surface area contributed by atoms with Crippen molar-refractivity contribution in [3.63, 3.8) is 0 Å². The Labute approximate surface area is 93.7 Å². The Morgan fingerprint density at radius 1 is 1.33 bits per heavy atom. The topological polar surface area (TPSA) is 26.0 Å². The third-order valence-corrected chi connectivity index (χ3v) is 3.06. The predicted octanol–water partition coefficient (Wildman–Crippen LogP) is 3.30. The summed E-state index contributed by atoms with van der Waals surface area (Å²) in [5.74, 6) is 0. The largest absolute Gasteiger partial charge is 0.330 e. The van der Waals surface area contributed by atoms with E-state index >= 15 is 0 Å². The molecule has 1 aromatic carbocycles. The summed E-state index contributed by atoms with van der Waals surface area (Å²) in [6, 6.07) is 8.75. The third-order valence-electron chi connectivity index (χ3n) is 3.06. The molecule has 0 aliphatic rings. The van der Waals surface area contributed by atoms with Crippen LogP contribution in [0.4, 0.5) is 0 Å². The Balaban J connectivity index is 2.74. The minimum absolute atomic E-state index is 0.266. The van der Waals surface area contributed by atoms with Crippen LogP contribution in [0, 0.1) is 12.3 Å². The lowest BCUT2D eigenvalue weighted by molar-refractivity contribution is 0.302. The molecule has 0 fully saturated rings. The number of aryl methyl sites for hydroxylation is 1. The second kappa shape index (κ2) is 5.32. The van der Waals surface area contributed by atoms with Gasteiger partial charge in [-0.1, -0.05) is 50.1 Å². The van der Waals surface area contributed by atoms with Crippen molar-refractivity contribution in [2.75, 3.05) is 6.54 Å². The molecule has 0 aliphatic heterocycles. The van der Waals surface area contributed by atoms with Crippen LogP contribution in [0.1, 0.15) is 37.8 Å². The highest BCUT2D eigenvalue weighted by atomic mass is 14.6. The first-order valence-electron chi connectivity index (χ1n) is 5.85. The normalized spacial score (nSPS) is 14.9. The lowest BCUT2D eigenvalue weighted by atomic mass is 9.80. The highest BCUT2D eigenvalue weighted by molar-refractivity contribution is 5.23. The van der Waals surface area contributed by atoms with E-state index in [1.807, 2.05) is 0 Å². The van der Waals surface area contributed by atoms with Crippen LogP contribution in [-0.4, -0.2) is 6.54 Å². The van der Waals surface area contributed by atoms with E-state index < -0.39 is 0 Å². The molecule has 0 radical (unpaired) electrons. The van der Waals surface area contributed by atoms with Crippen molar-refractivity contribution in [1.82, 2.24) is 0 Å². The minimum atomic E-state index is 0.266. The fourth-order valence-corrected chi connectivity index (χ4v) is 2.18. The van der Waals surface area contributed by atoms with Gasteiger partial charge in [-0.25, -0.2) is 0 Å². The summed E-state index contributed by atoms with van der Waals surface area (Å²) in [5.41, 5.74) is 8.90. The summed E-state index contributed by atoms with van der Waals surface area (Å²) in [7, 11) is 0. The van der Waals surface area contributed by atoms with E-state index in [4.69, 9.17) is 5.73 Å². The predicted molar refractivity (Wildman–Crippen MR) is 67.0 cm³/mol. The van der Waals surface area contributed by atoms with E-state index in [1.54, 1.807) is 0 Å². The maximum absolute atomic E-state index is 5.88. The van der Waals surface area contributed by atoms with Gasteiger partial charge in [0, 0.05) is 0 Å². The van der Waals surface area contributed by atoms with Crippen molar-refractivity contribution in [3.05, 3.63) is 35.4 Å². The van der Waals surface area contributed by atoms with Gasteiger partial charge in [-0.2, -0.15) is 0 Å². The SMILES string of the molecule is CCCC(C)(CN)Cc1cccc(C)c1. The molecule has 1 atom stereocenters. The fourth-order valence-electron chi connectivity index (χ4n) is 2.18. The number of hydrogen-bond acceptors (Lipinski definition) is 1. The quantitative estimate of drug-likeness (QED) is 0.784. The molecule has 1 rings (SSSR count). The van der Waals surface area contributed by atoms with Crippen LogP contribution in [0.2, 0.25) is 0 Å². The lowest BCUT2D eigenvalue weighted by Crippen LogP contribution is -2.29. The Kier molecular flexibility index (Phi) is 4.34. The average Bonchev–Trinajstić information content (AvgIpc) is 2.18. The van der Waals surface area contributed by atoms with Gasteiger partial charge in [0.1, 0.15) is 0 Å². The second-order valence-corrected chi connectivity index (χ2v) is 4.93. The van der Waals surface area contributed by atoms with Crippen molar-refractivity contribution < 1.29 is 0 Å². The van der Waals surface area contributed by atoms with Crippen molar-refractivity contribution in [2.45, 2.75) is 40.0 Å². The Hall–Kier alpha value is -0.820. The van der Waals surface area contributed by atoms with Crippen LogP contribution < -0.4 is 5.73 Å². The van der Waals surface area contributed by atoms with Gasteiger partial charge >= 0.3 is 0 Å². The van der Waals surface area contributed by atoms with E-state index in [0.29, 0.717) is 0 Å². The molecule has 0 spiro atoms. The lowest BCUT2D eigenvalue weighted by Gasteiger charge is -2.27. The molecule has 0 aromatic heterocycles. The van der Waals surface area contributed by atoms with Crippen LogP contribution in [0.5, 0.6) is 0 Å². The Morgan fingerprint density at radius 2 is 2.07 bits per heavy atom. The first-order chi connectivity index (χ1) is 7.09. The van der Waals surface area contributed by atoms with E-state index in [0.717, 1.165) is 13.0 Å². The zero-order valence-corrected chi connectivity index (χ0v) is 10.2. The summed E-state index contributed by atoms with van der Waals surface area (Å²) in [6.45, 7) is 7.43. The van der Waals surface area contributed by atoms with E-state index in [1.165, 1.54) is 24.0 Å². The van der Waals surface area contributed by atoms with Gasteiger partial charge in [-0.3, -0.25) is 0 Å². The molecule has 1 heteroatoms. The summed E-state index contributed by atoms with van der Waals surface area (Å²) in [5, 5.41) is 0. The summed E-state index contributed by atoms with van der Waals surface area (Å²) in [6.07, 6.45) is 3.51. The smallest absolute Gasteiger partial charge is 0.00200 e. The minimum Gasteiger partial charge on any atom is -0.330 e. The zero-order chi connectivity index (χ0) is 11.3. The van der Waals surface area contributed by atoms with Gasteiger partial charge in [0.2, 0.25) is 0 Å². The molecule has 1 nitrogen and oxygen atoms in total. The van der Waals surface area contributed by atoms with Gasteiger partial charge in [-0.15, -0.1) is 0 Å². The number of rotatable bonds is 5. The van der Waals surface area contributed by atoms with Gasteiger partial charge in [-0.05, 0) is 37.3 Å². The molecule has 1 unspecified atom stereocenters. The van der Waals surface area contributed by atoms with Gasteiger partial charge in [0.15, 0.2) is 0 Å². The molecule has 0 saturated heterocycles. The van der Waals surface area contributed by atoms with Crippen molar-refractivity contribution in [3.8, 4) is 0 Å². The summed E-state index contributed by atoms with van der Waals surface area (Å²) in [4.78, 5) is 0. The fraction of sp³-hybridized carbons (Fsp3) is 0.571. The molecule has 0 saturated carbocycles. The molecule has 0 bridgehead atoms. The molecule has 84 valence electrons. The van der Waals surface area contributed by atoms with Crippen LogP contribution in [0.15, 0.2) is 24.3 Å². The average molecular weight is 205 g/mol. The van der Waals surface area contributed by atoms with Gasteiger partial charge in [0.25, 0.3) is 0 Å². The highest BCUT2D eigenvalue weighted by Gasteiger charge is 2.21. The molecule has 15 heavy (non-hydrogen) atoms. The monoisotopic (exact) mass is 205 g/mol. The van der Waals surface area contributed by atoms with Crippen molar-refractivity contribution in [1.29, 1.82) is 0 Å². The van der Waals surface area contributed by atoms with E-state index in [9.17, 15) is 0 Å². The molecule has 0 amide bonds.